The number of aryl methyl sites for hydroxylation is 1. The first-order valence-electron chi connectivity index (χ1n) is 15.6. The minimum atomic E-state index is -1.15. The van der Waals surface area contributed by atoms with Crippen molar-refractivity contribution in [2.45, 2.75) is 65.1 Å². The van der Waals surface area contributed by atoms with Crippen LogP contribution in [0.2, 0.25) is 0 Å². The number of hydrogen-bond acceptors (Lipinski definition) is 7. The summed E-state index contributed by atoms with van der Waals surface area (Å²) in [4.78, 5) is 37.6. The fourth-order valence-electron chi connectivity index (χ4n) is 5.26. The highest BCUT2D eigenvalue weighted by atomic mass is 19.1. The Morgan fingerprint density at radius 3 is 2.28 bits per heavy atom. The van der Waals surface area contributed by atoms with E-state index < -0.39 is 29.7 Å². The predicted octanol–water partition coefficient (Wildman–Crippen LogP) is 5.33. The number of carbonyl (C=O) groups excluding carboxylic acids is 2. The molecule has 0 bridgehead atoms. The highest BCUT2D eigenvalue weighted by molar-refractivity contribution is 6.01. The highest BCUT2D eigenvalue weighted by Crippen LogP contribution is 2.23. The fraction of sp³-hybridized carbons (Fsp3) is 0.371. The smallest absolute Gasteiger partial charge is 0.253 e. The third kappa shape index (κ3) is 9.51. The lowest BCUT2D eigenvalue weighted by Crippen LogP contribution is -2.48. The van der Waals surface area contributed by atoms with Crippen molar-refractivity contribution in [2.24, 2.45) is 0 Å². The van der Waals surface area contributed by atoms with Crippen LogP contribution in [0.1, 0.15) is 71.1 Å². The summed E-state index contributed by atoms with van der Waals surface area (Å²) in [5.41, 5.74) is 3.04. The largest absolute Gasteiger partial charge is 0.445 e. The van der Waals surface area contributed by atoms with E-state index in [2.05, 4.69) is 20.6 Å². The van der Waals surface area contributed by atoms with Crippen LogP contribution in [0.25, 0.3) is 11.5 Å². The summed E-state index contributed by atoms with van der Waals surface area (Å²) in [5.74, 6) is -2.11. The van der Waals surface area contributed by atoms with Crippen LogP contribution >= 0.6 is 0 Å². The van der Waals surface area contributed by atoms with Gasteiger partial charge in [-0.1, -0.05) is 20.8 Å². The third-order valence-electron chi connectivity index (χ3n) is 7.50. The minimum absolute atomic E-state index is 0.0567. The van der Waals surface area contributed by atoms with E-state index in [9.17, 15) is 23.5 Å². The third-order valence-corrected chi connectivity index (χ3v) is 7.50. The standard InChI is InChI=1S/C35H41F2N5O4/c1-4-10-42(11-5-2)35(45)27-18-25(17-26(19-27)34-40-9-12-46-34)33(44)41-31(16-24-13-28(36)20-29(37)14-24)32(43)22-38-21-30-15-23(6-3)7-8-39-30/h7-9,12-15,17-20,31-32,38,43H,4-6,10-11,16,21-22H2,1-3H3,(H,41,44)/t31-,32+/m1/s1. The molecule has 2 heterocycles. The first-order valence-corrected chi connectivity index (χ1v) is 15.6. The van der Waals surface area contributed by atoms with E-state index in [1.54, 1.807) is 23.2 Å². The Kier molecular flexibility index (Phi) is 12.5. The van der Waals surface area contributed by atoms with Gasteiger partial charge >= 0.3 is 0 Å². The molecule has 0 aliphatic rings. The number of aliphatic hydroxyl groups is 1. The van der Waals surface area contributed by atoms with Gasteiger partial charge in [0.15, 0.2) is 0 Å². The molecule has 0 radical (unpaired) electrons. The Hall–Kier alpha value is -4.48. The lowest BCUT2D eigenvalue weighted by Gasteiger charge is -2.25. The average Bonchev–Trinajstić information content (AvgIpc) is 3.59. The molecule has 2 aromatic carbocycles. The Morgan fingerprint density at radius 1 is 0.913 bits per heavy atom. The molecule has 11 heteroatoms. The van der Waals surface area contributed by atoms with Crippen molar-refractivity contribution < 1.29 is 27.9 Å². The van der Waals surface area contributed by atoms with Crippen LogP contribution in [0.3, 0.4) is 0 Å². The van der Waals surface area contributed by atoms with Gasteiger partial charge in [-0.25, -0.2) is 13.8 Å². The maximum absolute atomic E-state index is 14.1. The second-order valence-electron chi connectivity index (χ2n) is 11.2. The van der Waals surface area contributed by atoms with Crippen molar-refractivity contribution in [1.82, 2.24) is 25.5 Å². The topological polar surface area (TPSA) is 121 Å². The Labute approximate surface area is 268 Å². The van der Waals surface area contributed by atoms with Crippen LogP contribution in [0.15, 0.2) is 71.6 Å². The predicted molar refractivity (Wildman–Crippen MR) is 171 cm³/mol. The van der Waals surface area contributed by atoms with Gasteiger partial charge in [-0.15, -0.1) is 0 Å². The number of amides is 2. The number of pyridine rings is 1. The normalized spacial score (nSPS) is 12.5. The quantitative estimate of drug-likeness (QED) is 0.153. The van der Waals surface area contributed by atoms with E-state index in [0.29, 0.717) is 25.2 Å². The van der Waals surface area contributed by atoms with Gasteiger partial charge in [0.2, 0.25) is 5.89 Å². The second kappa shape index (κ2) is 16.7. The molecule has 2 atom stereocenters. The zero-order chi connectivity index (χ0) is 33.1. The van der Waals surface area contributed by atoms with Gasteiger partial charge in [-0.05, 0) is 79.3 Å². The molecule has 0 saturated carbocycles. The summed E-state index contributed by atoms with van der Waals surface area (Å²) < 4.78 is 33.6. The molecule has 9 nitrogen and oxygen atoms in total. The van der Waals surface area contributed by atoms with Gasteiger partial charge in [0.05, 0.1) is 24.0 Å². The molecule has 0 spiro atoms. The molecule has 0 aliphatic carbocycles. The zero-order valence-electron chi connectivity index (χ0n) is 26.4. The molecule has 244 valence electrons. The lowest BCUT2D eigenvalue weighted by atomic mass is 9.99. The monoisotopic (exact) mass is 633 g/mol. The molecule has 4 aromatic rings. The number of aromatic nitrogens is 2. The van der Waals surface area contributed by atoms with E-state index in [0.717, 1.165) is 36.6 Å². The van der Waals surface area contributed by atoms with Crippen LogP contribution in [0.5, 0.6) is 0 Å². The minimum Gasteiger partial charge on any atom is -0.445 e. The van der Waals surface area contributed by atoms with Crippen LogP contribution in [0, 0.1) is 11.6 Å². The van der Waals surface area contributed by atoms with Gasteiger partial charge < -0.3 is 25.1 Å². The molecule has 0 unspecified atom stereocenters. The second-order valence-corrected chi connectivity index (χ2v) is 11.2. The van der Waals surface area contributed by atoms with Crippen molar-refractivity contribution in [1.29, 1.82) is 0 Å². The van der Waals surface area contributed by atoms with Gasteiger partial charge in [-0.3, -0.25) is 14.6 Å². The molecule has 3 N–H and O–H groups in total. The maximum Gasteiger partial charge on any atom is 0.253 e. The van der Waals surface area contributed by atoms with Crippen LogP contribution in [-0.4, -0.2) is 63.6 Å². The summed E-state index contributed by atoms with van der Waals surface area (Å²) >= 11 is 0. The van der Waals surface area contributed by atoms with Crippen molar-refractivity contribution >= 4 is 11.8 Å². The first kappa shape index (κ1) is 34.4. The molecule has 2 amide bonds. The number of carbonyl (C=O) groups is 2. The van der Waals surface area contributed by atoms with Gasteiger partial charge in [0.1, 0.15) is 17.9 Å². The van der Waals surface area contributed by atoms with E-state index in [1.807, 2.05) is 32.9 Å². The van der Waals surface area contributed by atoms with Gasteiger partial charge in [-0.2, -0.15) is 0 Å². The molecule has 4 rings (SSSR count). The Bertz CT molecular complexity index is 1570. The van der Waals surface area contributed by atoms with E-state index in [4.69, 9.17) is 4.42 Å². The van der Waals surface area contributed by atoms with E-state index in [-0.39, 0.29) is 41.5 Å². The number of hydrogen-bond donors (Lipinski definition) is 3. The van der Waals surface area contributed by atoms with E-state index in [1.165, 1.54) is 30.7 Å². The van der Waals surface area contributed by atoms with Crippen LogP contribution in [0.4, 0.5) is 8.78 Å². The Balaban J connectivity index is 1.60. The number of rotatable bonds is 16. The summed E-state index contributed by atoms with van der Waals surface area (Å²) in [7, 11) is 0. The molecule has 46 heavy (non-hydrogen) atoms. The molecular formula is C35H41F2N5O4. The van der Waals surface area contributed by atoms with Crippen molar-refractivity contribution in [3.05, 3.63) is 107 Å². The Morgan fingerprint density at radius 2 is 1.63 bits per heavy atom. The number of nitrogens with zero attached hydrogens (tertiary/aromatic N) is 3. The fourth-order valence-corrected chi connectivity index (χ4v) is 5.26. The molecule has 0 fully saturated rings. The van der Waals surface area contributed by atoms with Crippen molar-refractivity contribution in [3.8, 4) is 11.5 Å². The van der Waals surface area contributed by atoms with Crippen molar-refractivity contribution in [3.63, 3.8) is 0 Å². The van der Waals surface area contributed by atoms with Crippen molar-refractivity contribution in [2.75, 3.05) is 19.6 Å². The van der Waals surface area contributed by atoms with Crippen LogP contribution < -0.4 is 10.6 Å². The van der Waals surface area contributed by atoms with Gasteiger partial charge in [0.25, 0.3) is 11.8 Å². The summed E-state index contributed by atoms with van der Waals surface area (Å²) in [6, 6.07) is 10.7. The lowest BCUT2D eigenvalue weighted by molar-refractivity contribution is 0.0755. The van der Waals surface area contributed by atoms with E-state index >= 15 is 0 Å². The highest BCUT2D eigenvalue weighted by Gasteiger charge is 2.25. The maximum atomic E-state index is 14.1. The summed E-state index contributed by atoms with van der Waals surface area (Å²) in [5, 5.41) is 17.3. The van der Waals surface area contributed by atoms with Gasteiger partial charge in [0, 0.05) is 55.1 Å². The summed E-state index contributed by atoms with van der Waals surface area (Å²) in [6.45, 7) is 7.57. The molecule has 0 aliphatic heterocycles. The number of aliphatic hydroxyl groups excluding tert-OH is 1. The molecular weight excluding hydrogens is 592 g/mol. The van der Waals surface area contributed by atoms with Crippen LogP contribution in [-0.2, 0) is 19.4 Å². The number of nitrogens with one attached hydrogen (secondary N) is 2. The summed E-state index contributed by atoms with van der Waals surface area (Å²) in [6.07, 6.45) is 5.79. The zero-order valence-corrected chi connectivity index (χ0v) is 26.4. The number of oxazole rings is 1. The number of halogens is 2. The molecule has 2 aromatic heterocycles. The molecule has 0 saturated heterocycles. The number of benzene rings is 2. The SMILES string of the molecule is CCCN(CCC)C(=O)c1cc(C(=O)N[C@H](Cc2cc(F)cc(F)c2)[C@@H](O)CNCc2cc(CC)ccn2)cc(-c2ncco2)c1. The first-order chi connectivity index (χ1) is 22.2. The average molecular weight is 634 g/mol.